The molecule has 0 aliphatic heterocycles. The Hall–Kier alpha value is 0.0469. The van der Waals surface area contributed by atoms with Gasteiger partial charge in [0, 0.05) is 25.9 Å². The van der Waals surface area contributed by atoms with Crippen molar-refractivity contribution in [3.63, 3.8) is 0 Å². The molecule has 27 heavy (non-hydrogen) atoms. The van der Waals surface area contributed by atoms with Crippen molar-refractivity contribution in [2.45, 2.75) is 96.4 Å². The first-order valence-corrected chi connectivity index (χ1v) is 13.6. The Labute approximate surface area is 176 Å². The Morgan fingerprint density at radius 2 is 1.19 bits per heavy atom. The van der Waals surface area contributed by atoms with E-state index in [4.69, 9.17) is 18.0 Å². The molecule has 7 heteroatoms. The summed E-state index contributed by atoms with van der Waals surface area (Å²) in [5, 5.41) is 0. The summed E-state index contributed by atoms with van der Waals surface area (Å²) in [6, 6.07) is 0.925. The number of halogens is 1. The number of hydrogen-bond acceptors (Lipinski definition) is 5. The maximum Gasteiger partial charge on any atom is 0.500 e. The highest BCUT2D eigenvalue weighted by Crippen LogP contribution is 2.21. The van der Waals surface area contributed by atoms with Crippen molar-refractivity contribution in [3.05, 3.63) is 0 Å². The Kier molecular flexibility index (Phi) is 18.1. The molecular formula is C20H41BrO5Si. The van der Waals surface area contributed by atoms with E-state index < -0.39 is 8.80 Å². The highest BCUT2D eigenvalue weighted by atomic mass is 79.9. The average molecular weight is 470 g/mol. The third-order valence-electron chi connectivity index (χ3n) is 4.29. The number of hydrogen-bond donors (Lipinski definition) is 0. The topological polar surface area (TPSA) is 54.0 Å². The lowest BCUT2D eigenvalue weighted by molar-refractivity contribution is -0.142. The zero-order valence-electron chi connectivity index (χ0n) is 17.9. The number of alkyl halides is 1. The van der Waals surface area contributed by atoms with Crippen molar-refractivity contribution >= 4 is 30.7 Å². The van der Waals surface area contributed by atoms with Crippen LogP contribution < -0.4 is 0 Å². The van der Waals surface area contributed by atoms with Crippen molar-refractivity contribution < 1.29 is 22.8 Å². The van der Waals surface area contributed by atoms with E-state index in [1.165, 1.54) is 38.5 Å². The van der Waals surface area contributed by atoms with Gasteiger partial charge in [0.05, 0.1) is 6.61 Å². The number of ether oxygens (including phenoxy) is 1. The van der Waals surface area contributed by atoms with Crippen LogP contribution in [0.2, 0.25) is 6.04 Å². The molecular weight excluding hydrogens is 428 g/mol. The maximum absolute atomic E-state index is 11.3. The van der Waals surface area contributed by atoms with Gasteiger partial charge in [-0.2, -0.15) is 0 Å². The normalized spacial score (nSPS) is 12.9. The van der Waals surface area contributed by atoms with E-state index in [0.29, 0.717) is 26.4 Å². The number of unbranched alkanes of at least 4 members (excludes halogenated alkanes) is 8. The minimum Gasteiger partial charge on any atom is -0.465 e. The predicted octanol–water partition coefficient (Wildman–Crippen LogP) is 5.87. The van der Waals surface area contributed by atoms with Crippen LogP contribution in [-0.2, 0) is 22.8 Å². The van der Waals surface area contributed by atoms with Crippen LogP contribution in [0.3, 0.4) is 0 Å². The lowest BCUT2D eigenvalue weighted by atomic mass is 10.1. The summed E-state index contributed by atoms with van der Waals surface area (Å²) >= 11 is 3.21. The number of rotatable bonds is 19. The molecule has 0 aliphatic rings. The summed E-state index contributed by atoms with van der Waals surface area (Å²) in [5.41, 5.74) is 0. The first-order chi connectivity index (χ1) is 13.0. The van der Waals surface area contributed by atoms with Crippen LogP contribution in [0.5, 0.6) is 0 Å². The fraction of sp³-hybridized carbons (Fsp3) is 0.950. The van der Waals surface area contributed by atoms with Gasteiger partial charge in [0.2, 0.25) is 0 Å². The molecule has 1 unspecified atom stereocenters. The number of carbonyl (C=O) groups is 1. The fourth-order valence-electron chi connectivity index (χ4n) is 2.97. The standard InChI is InChI=1S/C20H41BrO5Si/c1-5-24-27(25-6-2,26-7-3)18-16-14-12-10-8-9-11-13-15-17-23-20(22)19(4)21/h19H,5-18H2,1-4H3. The Balaban J connectivity index is 3.61. The van der Waals surface area contributed by atoms with Gasteiger partial charge in [0.25, 0.3) is 0 Å². The van der Waals surface area contributed by atoms with Gasteiger partial charge >= 0.3 is 14.8 Å². The van der Waals surface area contributed by atoms with Crippen molar-refractivity contribution in [1.29, 1.82) is 0 Å². The van der Waals surface area contributed by atoms with Gasteiger partial charge in [0.1, 0.15) is 4.83 Å². The van der Waals surface area contributed by atoms with Crippen LogP contribution in [0.25, 0.3) is 0 Å². The molecule has 0 N–H and O–H groups in total. The largest absolute Gasteiger partial charge is 0.500 e. The average Bonchev–Trinajstić information content (AvgIpc) is 2.63. The first kappa shape index (κ1) is 27.0. The van der Waals surface area contributed by atoms with Crippen molar-refractivity contribution in [1.82, 2.24) is 0 Å². The zero-order valence-corrected chi connectivity index (χ0v) is 20.5. The van der Waals surface area contributed by atoms with Crippen LogP contribution in [-0.4, -0.2) is 46.0 Å². The minimum atomic E-state index is -2.44. The molecule has 0 heterocycles. The fourth-order valence-corrected chi connectivity index (χ4v) is 5.79. The van der Waals surface area contributed by atoms with E-state index in [2.05, 4.69) is 15.9 Å². The van der Waals surface area contributed by atoms with Crippen LogP contribution in [0.15, 0.2) is 0 Å². The van der Waals surface area contributed by atoms with E-state index in [0.717, 1.165) is 25.3 Å². The van der Waals surface area contributed by atoms with Gasteiger partial charge in [-0.15, -0.1) is 0 Å². The van der Waals surface area contributed by atoms with E-state index in [1.807, 2.05) is 20.8 Å². The third-order valence-corrected chi connectivity index (χ3v) is 7.81. The SMILES string of the molecule is CCO[Si](CCCCCCCCCCCOC(=O)C(C)Br)(OCC)OCC. The second-order valence-corrected chi connectivity index (χ2v) is 10.8. The van der Waals surface area contributed by atoms with Crippen LogP contribution >= 0.6 is 15.9 Å². The molecule has 0 saturated heterocycles. The van der Waals surface area contributed by atoms with Crippen LogP contribution in [0.4, 0.5) is 0 Å². The molecule has 0 amide bonds. The quantitative estimate of drug-likeness (QED) is 0.102. The monoisotopic (exact) mass is 468 g/mol. The Morgan fingerprint density at radius 3 is 1.59 bits per heavy atom. The van der Waals surface area contributed by atoms with E-state index in [-0.39, 0.29) is 10.8 Å². The molecule has 0 bridgehead atoms. The highest BCUT2D eigenvalue weighted by molar-refractivity contribution is 9.10. The van der Waals surface area contributed by atoms with Gasteiger partial charge in [0.15, 0.2) is 0 Å². The number of carbonyl (C=O) groups excluding carboxylic acids is 1. The lowest BCUT2D eigenvalue weighted by Gasteiger charge is -2.28. The molecule has 0 aromatic heterocycles. The van der Waals surface area contributed by atoms with Gasteiger partial charge < -0.3 is 18.0 Å². The zero-order chi connectivity index (χ0) is 20.4. The summed E-state index contributed by atoms with van der Waals surface area (Å²) in [6.07, 6.45) is 10.7. The highest BCUT2D eigenvalue weighted by Gasteiger charge is 2.39. The Morgan fingerprint density at radius 1 is 0.778 bits per heavy atom. The molecule has 1 atom stereocenters. The summed E-state index contributed by atoms with van der Waals surface area (Å²) in [4.78, 5) is 11.1. The minimum absolute atomic E-state index is 0.167. The van der Waals surface area contributed by atoms with Crippen LogP contribution in [0, 0.1) is 0 Å². The second kappa shape index (κ2) is 18.1. The van der Waals surface area contributed by atoms with Crippen molar-refractivity contribution in [2.24, 2.45) is 0 Å². The van der Waals surface area contributed by atoms with E-state index in [9.17, 15) is 4.79 Å². The number of esters is 1. The van der Waals surface area contributed by atoms with Crippen LogP contribution in [0.1, 0.15) is 85.5 Å². The summed E-state index contributed by atoms with van der Waals surface area (Å²) < 4.78 is 22.8. The van der Waals surface area contributed by atoms with Gasteiger partial charge in [-0.25, -0.2) is 0 Å². The summed E-state index contributed by atoms with van der Waals surface area (Å²) in [7, 11) is -2.44. The molecule has 5 nitrogen and oxygen atoms in total. The van der Waals surface area contributed by atoms with Gasteiger partial charge in [-0.05, 0) is 40.5 Å². The Bertz CT molecular complexity index is 338. The van der Waals surface area contributed by atoms with Crippen molar-refractivity contribution in [3.8, 4) is 0 Å². The molecule has 0 rings (SSSR count). The molecule has 0 fully saturated rings. The molecule has 162 valence electrons. The molecule has 0 aliphatic carbocycles. The molecule has 0 saturated carbocycles. The molecule has 0 aromatic carbocycles. The lowest BCUT2D eigenvalue weighted by Crippen LogP contribution is -2.45. The summed E-state index contributed by atoms with van der Waals surface area (Å²) in [6.45, 7) is 10.3. The van der Waals surface area contributed by atoms with Crippen molar-refractivity contribution in [2.75, 3.05) is 26.4 Å². The molecule has 0 radical (unpaired) electrons. The maximum atomic E-state index is 11.3. The van der Waals surface area contributed by atoms with E-state index in [1.54, 1.807) is 6.92 Å². The third kappa shape index (κ3) is 14.7. The predicted molar refractivity (Wildman–Crippen MR) is 116 cm³/mol. The van der Waals surface area contributed by atoms with E-state index >= 15 is 0 Å². The van der Waals surface area contributed by atoms with Gasteiger partial charge in [-0.3, -0.25) is 4.79 Å². The van der Waals surface area contributed by atoms with Gasteiger partial charge in [-0.1, -0.05) is 60.9 Å². The second-order valence-electron chi connectivity index (χ2n) is 6.70. The smallest absolute Gasteiger partial charge is 0.465 e. The summed E-state index contributed by atoms with van der Waals surface area (Å²) in [5.74, 6) is -0.167. The first-order valence-electron chi connectivity index (χ1n) is 10.7. The molecule has 0 aromatic rings. The molecule has 0 spiro atoms.